The third-order valence-corrected chi connectivity index (χ3v) is 3.42. The first-order valence-electron chi connectivity index (χ1n) is 5.14. The number of rotatable bonds is 2. The van der Waals surface area contributed by atoms with E-state index in [2.05, 4.69) is 24.1 Å². The van der Waals surface area contributed by atoms with Crippen molar-refractivity contribution >= 4 is 0 Å². The number of hydrogen-bond donors (Lipinski definition) is 1. The van der Waals surface area contributed by atoms with Crippen LogP contribution in [0.1, 0.15) is 26.7 Å². The summed E-state index contributed by atoms with van der Waals surface area (Å²) in [6.45, 7) is 9.89. The summed E-state index contributed by atoms with van der Waals surface area (Å²) in [5.74, 6) is 0.933. The van der Waals surface area contributed by atoms with Crippen LogP contribution in [-0.4, -0.2) is 36.6 Å². The van der Waals surface area contributed by atoms with E-state index in [4.69, 9.17) is 0 Å². The zero-order valence-corrected chi connectivity index (χ0v) is 8.27. The fraction of sp³-hybridized carbons (Fsp3) is 1.00. The van der Waals surface area contributed by atoms with Crippen LogP contribution in [-0.2, 0) is 0 Å². The maximum atomic E-state index is 3.34. The van der Waals surface area contributed by atoms with Crippen molar-refractivity contribution in [3.05, 3.63) is 0 Å². The van der Waals surface area contributed by atoms with Crippen LogP contribution in [0.3, 0.4) is 0 Å². The molecular formula is C10H20N2. The summed E-state index contributed by atoms with van der Waals surface area (Å²) >= 11 is 0. The highest BCUT2D eigenvalue weighted by atomic mass is 15.2. The first-order chi connectivity index (χ1) is 5.68. The first-order valence-corrected chi connectivity index (χ1v) is 5.14. The molecule has 70 valence electrons. The average molecular weight is 168 g/mol. The second kappa shape index (κ2) is 3.00. The highest BCUT2D eigenvalue weighted by Crippen LogP contribution is 2.29. The monoisotopic (exact) mass is 168 g/mol. The molecule has 0 spiro atoms. The molecule has 2 heteroatoms. The third kappa shape index (κ3) is 1.50. The molecule has 0 radical (unpaired) electrons. The minimum atomic E-state index is 0.482. The van der Waals surface area contributed by atoms with Crippen LogP contribution in [0.5, 0.6) is 0 Å². The van der Waals surface area contributed by atoms with Crippen LogP contribution in [0.4, 0.5) is 0 Å². The number of likely N-dealkylation sites (tertiary alicyclic amines) is 1. The lowest BCUT2D eigenvalue weighted by Crippen LogP contribution is -2.51. The molecule has 12 heavy (non-hydrogen) atoms. The fourth-order valence-electron chi connectivity index (χ4n) is 2.29. The van der Waals surface area contributed by atoms with Crippen LogP contribution in [0, 0.1) is 5.92 Å². The van der Waals surface area contributed by atoms with Gasteiger partial charge in [0.1, 0.15) is 0 Å². The summed E-state index contributed by atoms with van der Waals surface area (Å²) in [4.78, 5) is 2.67. The Hall–Kier alpha value is -0.0800. The van der Waals surface area contributed by atoms with Gasteiger partial charge in [-0.25, -0.2) is 0 Å². The highest BCUT2D eigenvalue weighted by Gasteiger charge is 2.34. The van der Waals surface area contributed by atoms with E-state index in [-0.39, 0.29) is 0 Å². The molecule has 2 fully saturated rings. The van der Waals surface area contributed by atoms with Crippen molar-refractivity contribution in [3.8, 4) is 0 Å². The standard InChI is InChI=1S/C10H20N2/c1-10(2)4-3-5-12(10)8-9-6-11-7-9/h9,11H,3-8H2,1-2H3. The Morgan fingerprint density at radius 2 is 2.17 bits per heavy atom. The number of nitrogens with zero attached hydrogens (tertiary/aromatic N) is 1. The Bertz CT molecular complexity index is 161. The van der Waals surface area contributed by atoms with Crippen molar-refractivity contribution in [2.75, 3.05) is 26.2 Å². The summed E-state index contributed by atoms with van der Waals surface area (Å²) < 4.78 is 0. The lowest BCUT2D eigenvalue weighted by Gasteiger charge is -2.38. The van der Waals surface area contributed by atoms with Gasteiger partial charge in [-0.05, 0) is 39.2 Å². The van der Waals surface area contributed by atoms with Crippen molar-refractivity contribution in [2.24, 2.45) is 5.92 Å². The Morgan fingerprint density at radius 3 is 2.58 bits per heavy atom. The van der Waals surface area contributed by atoms with Gasteiger partial charge < -0.3 is 5.32 Å². The predicted molar refractivity (Wildman–Crippen MR) is 51.2 cm³/mol. The lowest BCUT2D eigenvalue weighted by atomic mass is 9.98. The Balaban J connectivity index is 1.85. The molecule has 1 N–H and O–H groups in total. The molecule has 0 aromatic rings. The van der Waals surface area contributed by atoms with Crippen LogP contribution in [0.15, 0.2) is 0 Å². The van der Waals surface area contributed by atoms with E-state index in [1.807, 2.05) is 0 Å². The van der Waals surface area contributed by atoms with Crippen LogP contribution in [0.25, 0.3) is 0 Å². The molecule has 2 nitrogen and oxygen atoms in total. The van der Waals surface area contributed by atoms with Gasteiger partial charge >= 0.3 is 0 Å². The molecule has 0 bridgehead atoms. The molecule has 0 amide bonds. The highest BCUT2D eigenvalue weighted by molar-refractivity contribution is 4.90. The topological polar surface area (TPSA) is 15.3 Å². The van der Waals surface area contributed by atoms with E-state index < -0.39 is 0 Å². The first kappa shape index (κ1) is 8.52. The van der Waals surface area contributed by atoms with Gasteiger partial charge in [0.15, 0.2) is 0 Å². The second-order valence-corrected chi connectivity index (χ2v) is 4.89. The van der Waals surface area contributed by atoms with E-state index in [0.29, 0.717) is 5.54 Å². The number of hydrogen-bond acceptors (Lipinski definition) is 2. The van der Waals surface area contributed by atoms with Gasteiger partial charge in [-0.15, -0.1) is 0 Å². The smallest absolute Gasteiger partial charge is 0.0153 e. The second-order valence-electron chi connectivity index (χ2n) is 4.89. The normalized spacial score (nSPS) is 30.5. The molecule has 0 aromatic carbocycles. The summed E-state index contributed by atoms with van der Waals surface area (Å²) in [7, 11) is 0. The summed E-state index contributed by atoms with van der Waals surface area (Å²) in [6, 6.07) is 0. The summed E-state index contributed by atoms with van der Waals surface area (Å²) in [6.07, 6.45) is 2.78. The minimum Gasteiger partial charge on any atom is -0.316 e. The molecule has 0 atom stereocenters. The SMILES string of the molecule is CC1(C)CCCN1CC1CNC1. The molecule has 0 saturated carbocycles. The molecule has 0 aromatic heterocycles. The fourth-order valence-corrected chi connectivity index (χ4v) is 2.29. The van der Waals surface area contributed by atoms with Crippen LogP contribution >= 0.6 is 0 Å². The minimum absolute atomic E-state index is 0.482. The quantitative estimate of drug-likeness (QED) is 0.664. The summed E-state index contributed by atoms with van der Waals surface area (Å²) in [5, 5.41) is 3.34. The van der Waals surface area contributed by atoms with Crippen molar-refractivity contribution in [1.29, 1.82) is 0 Å². The van der Waals surface area contributed by atoms with E-state index in [0.717, 1.165) is 5.92 Å². The van der Waals surface area contributed by atoms with Gasteiger partial charge in [-0.1, -0.05) is 0 Å². The molecule has 2 heterocycles. The molecule has 2 rings (SSSR count). The van der Waals surface area contributed by atoms with Gasteiger partial charge in [-0.2, -0.15) is 0 Å². The van der Waals surface area contributed by atoms with Gasteiger partial charge in [0.25, 0.3) is 0 Å². The lowest BCUT2D eigenvalue weighted by molar-refractivity contribution is 0.128. The zero-order chi connectivity index (χ0) is 8.60. The predicted octanol–water partition coefficient (Wildman–Crippen LogP) is 1.08. The Kier molecular flexibility index (Phi) is 2.13. The van der Waals surface area contributed by atoms with Crippen LogP contribution in [0.2, 0.25) is 0 Å². The molecule has 2 aliphatic rings. The van der Waals surface area contributed by atoms with Crippen molar-refractivity contribution in [3.63, 3.8) is 0 Å². The molecule has 2 saturated heterocycles. The Labute approximate surface area is 75.3 Å². The molecule has 0 aliphatic carbocycles. The van der Waals surface area contributed by atoms with E-state index in [1.165, 1.54) is 39.0 Å². The van der Waals surface area contributed by atoms with Gasteiger partial charge in [0.05, 0.1) is 0 Å². The maximum absolute atomic E-state index is 3.34. The van der Waals surface area contributed by atoms with E-state index >= 15 is 0 Å². The third-order valence-electron chi connectivity index (χ3n) is 3.42. The van der Waals surface area contributed by atoms with E-state index in [9.17, 15) is 0 Å². The summed E-state index contributed by atoms with van der Waals surface area (Å²) in [5.41, 5.74) is 0.482. The Morgan fingerprint density at radius 1 is 1.42 bits per heavy atom. The van der Waals surface area contributed by atoms with Crippen LogP contribution < -0.4 is 5.32 Å². The van der Waals surface area contributed by atoms with Crippen molar-refractivity contribution < 1.29 is 0 Å². The zero-order valence-electron chi connectivity index (χ0n) is 8.27. The largest absolute Gasteiger partial charge is 0.316 e. The van der Waals surface area contributed by atoms with Crippen molar-refractivity contribution in [1.82, 2.24) is 10.2 Å². The van der Waals surface area contributed by atoms with Gasteiger partial charge in [0, 0.05) is 25.2 Å². The molecule has 2 aliphatic heterocycles. The molecule has 0 unspecified atom stereocenters. The van der Waals surface area contributed by atoms with Gasteiger partial charge in [-0.3, -0.25) is 4.90 Å². The van der Waals surface area contributed by atoms with Gasteiger partial charge in [0.2, 0.25) is 0 Å². The average Bonchev–Trinajstić information content (AvgIpc) is 2.21. The van der Waals surface area contributed by atoms with E-state index in [1.54, 1.807) is 0 Å². The molecular weight excluding hydrogens is 148 g/mol. The van der Waals surface area contributed by atoms with Crippen molar-refractivity contribution in [2.45, 2.75) is 32.2 Å². The maximum Gasteiger partial charge on any atom is 0.0153 e. The number of nitrogens with one attached hydrogen (secondary N) is 1.